The van der Waals surface area contributed by atoms with Crippen molar-refractivity contribution in [2.75, 3.05) is 12.5 Å². The predicted octanol–water partition coefficient (Wildman–Crippen LogP) is 2.65. The third-order valence-electron chi connectivity index (χ3n) is 2.82. The summed E-state index contributed by atoms with van der Waals surface area (Å²) < 4.78 is 0. The summed E-state index contributed by atoms with van der Waals surface area (Å²) in [7, 11) is 2.05. The minimum absolute atomic E-state index is 0.670. The smallest absolute Gasteiger partial charge is 0.140 e. The van der Waals surface area contributed by atoms with Gasteiger partial charge in [0.1, 0.15) is 5.82 Å². The van der Waals surface area contributed by atoms with Gasteiger partial charge in [-0.2, -0.15) is 0 Å². The lowest BCUT2D eigenvalue weighted by Gasteiger charge is -2.17. The van der Waals surface area contributed by atoms with E-state index in [9.17, 15) is 0 Å². The molecule has 2 aromatic rings. The zero-order valence-corrected chi connectivity index (χ0v) is 11.6. The number of rotatable bonds is 5. The molecule has 0 aliphatic rings. The van der Waals surface area contributed by atoms with Crippen molar-refractivity contribution in [3.63, 3.8) is 0 Å². The Balaban J connectivity index is 2.01. The van der Waals surface area contributed by atoms with Gasteiger partial charge in [0.05, 0.1) is 0 Å². The summed E-state index contributed by atoms with van der Waals surface area (Å²) in [5.74, 6) is 6.02. The van der Waals surface area contributed by atoms with Crippen molar-refractivity contribution >= 4 is 17.4 Å². The number of nitrogens with one attached hydrogen (secondary N) is 1. The largest absolute Gasteiger partial charge is 0.308 e. The lowest BCUT2D eigenvalue weighted by atomic mass is 10.2. The molecule has 0 saturated carbocycles. The van der Waals surface area contributed by atoms with Crippen LogP contribution in [0.15, 0.2) is 42.6 Å². The van der Waals surface area contributed by atoms with Gasteiger partial charge in [-0.1, -0.05) is 29.8 Å². The van der Waals surface area contributed by atoms with E-state index < -0.39 is 0 Å². The molecule has 0 radical (unpaired) electrons. The van der Waals surface area contributed by atoms with Crippen molar-refractivity contribution < 1.29 is 0 Å². The predicted molar refractivity (Wildman–Crippen MR) is 78.7 cm³/mol. The fourth-order valence-corrected chi connectivity index (χ4v) is 2.13. The second-order valence-corrected chi connectivity index (χ2v) is 4.86. The first-order valence-electron chi connectivity index (χ1n) is 6.02. The van der Waals surface area contributed by atoms with Gasteiger partial charge in [0.15, 0.2) is 0 Å². The van der Waals surface area contributed by atoms with Crippen LogP contribution in [0.5, 0.6) is 0 Å². The maximum atomic E-state index is 6.16. The molecule has 0 aliphatic carbocycles. The van der Waals surface area contributed by atoms with E-state index >= 15 is 0 Å². The lowest BCUT2D eigenvalue weighted by Crippen LogP contribution is -2.18. The highest BCUT2D eigenvalue weighted by Gasteiger charge is 2.05. The highest BCUT2D eigenvalue weighted by Crippen LogP contribution is 2.17. The number of anilines is 1. The van der Waals surface area contributed by atoms with Gasteiger partial charge in [0.25, 0.3) is 0 Å². The number of nitrogens with zero attached hydrogens (tertiary/aromatic N) is 2. The molecule has 4 nitrogen and oxygen atoms in total. The highest BCUT2D eigenvalue weighted by atomic mass is 35.5. The number of nitrogen functional groups attached to an aromatic ring is 1. The number of hydrazine groups is 1. The number of pyridine rings is 1. The first-order valence-corrected chi connectivity index (χ1v) is 6.40. The molecule has 0 aliphatic heterocycles. The number of hydrogen-bond acceptors (Lipinski definition) is 4. The van der Waals surface area contributed by atoms with E-state index in [4.69, 9.17) is 17.4 Å². The molecule has 19 heavy (non-hydrogen) atoms. The minimum Gasteiger partial charge on any atom is -0.308 e. The number of aromatic nitrogens is 1. The van der Waals surface area contributed by atoms with Gasteiger partial charge >= 0.3 is 0 Å². The summed E-state index contributed by atoms with van der Waals surface area (Å²) >= 11 is 6.16. The third-order valence-corrected chi connectivity index (χ3v) is 3.19. The summed E-state index contributed by atoms with van der Waals surface area (Å²) in [5, 5.41) is 0.799. The molecule has 0 spiro atoms. The Morgan fingerprint density at radius 1 is 1.26 bits per heavy atom. The Hall–Kier alpha value is -1.62. The molecule has 1 aromatic carbocycles. The van der Waals surface area contributed by atoms with Crippen molar-refractivity contribution in [3.8, 4) is 0 Å². The fourth-order valence-electron chi connectivity index (χ4n) is 1.94. The standard InChI is InChI=1S/C14H17ClN4/c1-19(10-12-4-2-3-5-13(12)15)9-11-6-7-17-14(8-11)18-16/h2-8H,9-10,16H2,1H3,(H,17,18). The molecule has 1 heterocycles. The Morgan fingerprint density at radius 2 is 2.05 bits per heavy atom. The molecule has 0 saturated heterocycles. The van der Waals surface area contributed by atoms with Crippen molar-refractivity contribution in [1.82, 2.24) is 9.88 Å². The summed E-state index contributed by atoms with van der Waals surface area (Å²) in [6, 6.07) is 11.8. The monoisotopic (exact) mass is 276 g/mol. The van der Waals surface area contributed by atoms with E-state index in [0.29, 0.717) is 5.82 Å². The van der Waals surface area contributed by atoms with E-state index in [2.05, 4.69) is 22.4 Å². The number of benzene rings is 1. The molecule has 5 heteroatoms. The molecule has 3 N–H and O–H groups in total. The van der Waals surface area contributed by atoms with Crippen molar-refractivity contribution in [2.45, 2.75) is 13.1 Å². The van der Waals surface area contributed by atoms with Gasteiger partial charge in [-0.05, 0) is 36.4 Å². The summed E-state index contributed by atoms with van der Waals surface area (Å²) in [6.45, 7) is 1.61. The van der Waals surface area contributed by atoms with E-state index in [1.807, 2.05) is 36.4 Å². The quantitative estimate of drug-likeness (QED) is 0.651. The maximum Gasteiger partial charge on any atom is 0.140 e. The van der Waals surface area contributed by atoms with Gasteiger partial charge in [0, 0.05) is 24.3 Å². The Kier molecular flexibility index (Phi) is 4.74. The zero-order valence-electron chi connectivity index (χ0n) is 10.8. The van der Waals surface area contributed by atoms with Crippen LogP contribution in [0.4, 0.5) is 5.82 Å². The summed E-state index contributed by atoms with van der Waals surface area (Å²) in [5.41, 5.74) is 4.82. The van der Waals surface area contributed by atoms with Crippen LogP contribution in [0.3, 0.4) is 0 Å². The second kappa shape index (κ2) is 6.52. The van der Waals surface area contributed by atoms with Crippen LogP contribution < -0.4 is 11.3 Å². The first kappa shape index (κ1) is 13.8. The zero-order chi connectivity index (χ0) is 13.7. The number of halogens is 1. The number of nitrogens with two attached hydrogens (primary N) is 1. The highest BCUT2D eigenvalue weighted by molar-refractivity contribution is 6.31. The minimum atomic E-state index is 0.670. The SMILES string of the molecule is CN(Cc1ccnc(NN)c1)Cc1ccccc1Cl. The molecule has 2 rings (SSSR count). The van der Waals surface area contributed by atoms with Crippen LogP contribution in [0, 0.1) is 0 Å². The van der Waals surface area contributed by atoms with E-state index in [1.54, 1.807) is 6.20 Å². The van der Waals surface area contributed by atoms with Crippen LogP contribution in [0.1, 0.15) is 11.1 Å². The summed E-state index contributed by atoms with van der Waals surface area (Å²) in [6.07, 6.45) is 1.74. The topological polar surface area (TPSA) is 54.2 Å². The van der Waals surface area contributed by atoms with E-state index in [0.717, 1.165) is 29.2 Å². The number of hydrogen-bond donors (Lipinski definition) is 2. The lowest BCUT2D eigenvalue weighted by molar-refractivity contribution is 0.319. The Labute approximate surface area is 118 Å². The Morgan fingerprint density at radius 3 is 2.79 bits per heavy atom. The van der Waals surface area contributed by atoms with Gasteiger partial charge in [0.2, 0.25) is 0 Å². The van der Waals surface area contributed by atoms with Crippen LogP contribution in [-0.4, -0.2) is 16.9 Å². The van der Waals surface area contributed by atoms with Gasteiger partial charge in [-0.3, -0.25) is 4.90 Å². The molecule has 0 fully saturated rings. The first-order chi connectivity index (χ1) is 9.19. The molecule has 100 valence electrons. The van der Waals surface area contributed by atoms with Gasteiger partial charge in [-0.25, -0.2) is 10.8 Å². The van der Waals surface area contributed by atoms with Crippen LogP contribution >= 0.6 is 11.6 Å². The molecule has 0 bridgehead atoms. The third kappa shape index (κ3) is 3.92. The molecular formula is C14H17ClN4. The average molecular weight is 277 g/mol. The van der Waals surface area contributed by atoms with Crippen molar-refractivity contribution in [1.29, 1.82) is 0 Å². The fraction of sp³-hybridized carbons (Fsp3) is 0.214. The molecule has 0 amide bonds. The summed E-state index contributed by atoms with van der Waals surface area (Å²) in [4.78, 5) is 6.28. The normalized spacial score (nSPS) is 10.7. The van der Waals surface area contributed by atoms with Crippen molar-refractivity contribution in [3.05, 3.63) is 58.7 Å². The van der Waals surface area contributed by atoms with Crippen LogP contribution in [-0.2, 0) is 13.1 Å². The van der Waals surface area contributed by atoms with Crippen LogP contribution in [0.2, 0.25) is 5.02 Å². The average Bonchev–Trinajstić information content (AvgIpc) is 2.41. The van der Waals surface area contributed by atoms with E-state index in [-0.39, 0.29) is 0 Å². The molecule has 0 atom stereocenters. The Bertz CT molecular complexity index is 544. The molecular weight excluding hydrogens is 260 g/mol. The molecule has 1 aromatic heterocycles. The van der Waals surface area contributed by atoms with Gasteiger partial charge < -0.3 is 5.43 Å². The van der Waals surface area contributed by atoms with Gasteiger partial charge in [-0.15, -0.1) is 0 Å². The second-order valence-electron chi connectivity index (χ2n) is 4.46. The maximum absolute atomic E-state index is 6.16. The van der Waals surface area contributed by atoms with E-state index in [1.165, 1.54) is 0 Å². The van der Waals surface area contributed by atoms with Crippen LogP contribution in [0.25, 0.3) is 0 Å². The van der Waals surface area contributed by atoms with Crippen molar-refractivity contribution in [2.24, 2.45) is 5.84 Å². The molecule has 0 unspecified atom stereocenters.